The summed E-state index contributed by atoms with van der Waals surface area (Å²) in [4.78, 5) is 81.6. The van der Waals surface area contributed by atoms with E-state index in [0.29, 0.717) is 24.7 Å². The topological polar surface area (TPSA) is 191 Å². The number of likely N-dealkylation sites (tertiary alicyclic amines) is 2. The quantitative estimate of drug-likeness (QED) is 0.135. The summed E-state index contributed by atoms with van der Waals surface area (Å²) < 4.78 is 4.78. The summed E-state index contributed by atoms with van der Waals surface area (Å²) in [6.45, 7) is 10.3. The standard InChI is InChI=1S/C42H48N10O5/c1-21(2)34(44-23(5)53)40(54)51-17-8-10-33(51)39-47-31-20-43-30-19-24(11-12-26(30)37(31)49-39)27-14-13-25-28(45-27)15-16-29-36(25)48-38(46-29)32-9-7-18-52(32)41(55)35(22(3)4)50-42(56)57-6/h11-16,19-22,32-35H,7-10,17-18H2,1-6H3,(H,44,53)(H,46,48)(H,47,49)(H,50,56)/t32-,33-,34-,35-/m0/s1. The lowest BCUT2D eigenvalue weighted by atomic mass is 10.0. The van der Waals surface area contributed by atoms with Crippen LogP contribution in [0.15, 0.2) is 48.7 Å². The summed E-state index contributed by atoms with van der Waals surface area (Å²) in [7, 11) is 1.29. The lowest BCUT2D eigenvalue weighted by molar-refractivity contribution is -0.138. The molecule has 4 amide bonds. The number of methoxy groups -OCH3 is 1. The van der Waals surface area contributed by atoms with Gasteiger partial charge in [0.15, 0.2) is 0 Å². The number of carbonyl (C=O) groups excluding carboxylic acids is 4. The Kier molecular flexibility index (Phi) is 10.0. The van der Waals surface area contributed by atoms with Crippen LogP contribution in [0.5, 0.6) is 0 Å². The normalized spacial score (nSPS) is 18.3. The van der Waals surface area contributed by atoms with Crippen molar-refractivity contribution in [2.75, 3.05) is 20.2 Å². The number of carbonyl (C=O) groups is 4. The van der Waals surface area contributed by atoms with Crippen LogP contribution in [0.3, 0.4) is 0 Å². The average molecular weight is 773 g/mol. The number of nitrogens with one attached hydrogen (secondary N) is 4. The zero-order valence-corrected chi connectivity index (χ0v) is 33.1. The number of nitrogens with zero attached hydrogens (tertiary/aromatic N) is 6. The summed E-state index contributed by atoms with van der Waals surface area (Å²) >= 11 is 0. The van der Waals surface area contributed by atoms with Gasteiger partial charge >= 0.3 is 6.09 Å². The van der Waals surface area contributed by atoms with E-state index < -0.39 is 18.2 Å². The van der Waals surface area contributed by atoms with Crippen LogP contribution < -0.4 is 10.6 Å². The molecule has 0 radical (unpaired) electrons. The van der Waals surface area contributed by atoms with Crippen LogP contribution in [0, 0.1) is 11.8 Å². The van der Waals surface area contributed by atoms with Gasteiger partial charge in [-0.15, -0.1) is 0 Å². The maximum absolute atomic E-state index is 13.7. The number of amides is 4. The van der Waals surface area contributed by atoms with E-state index in [1.54, 1.807) is 6.20 Å². The molecule has 2 aliphatic rings. The molecule has 296 valence electrons. The number of aromatic nitrogens is 6. The summed E-state index contributed by atoms with van der Waals surface area (Å²) in [5, 5.41) is 7.38. The van der Waals surface area contributed by atoms with Crippen LogP contribution in [0.2, 0.25) is 0 Å². The monoisotopic (exact) mass is 772 g/mol. The number of H-pyrrole nitrogens is 2. The van der Waals surface area contributed by atoms with Gasteiger partial charge in [0, 0.05) is 36.3 Å². The Morgan fingerprint density at radius 1 is 0.719 bits per heavy atom. The number of alkyl carbamates (subject to hydrolysis) is 1. The molecule has 15 heteroatoms. The summed E-state index contributed by atoms with van der Waals surface area (Å²) in [5.74, 6) is 0.781. The maximum atomic E-state index is 13.7. The number of pyridine rings is 2. The SMILES string of the molecule is COC(=O)N[C@H](C(=O)N1CCC[C@H]1c1nc2ccc3nc(-c4ccc5c(c4)ncc4nc([C@@H]6CCCN6C(=O)[C@@H](NC(C)=O)C(C)C)[nH]c45)ccc3c2[nH]1)C(C)C. The van der Waals surface area contributed by atoms with Gasteiger partial charge in [-0.25, -0.2) is 19.7 Å². The second-order valence-electron chi connectivity index (χ2n) is 15.9. The van der Waals surface area contributed by atoms with Gasteiger partial charge < -0.3 is 35.1 Å². The lowest BCUT2D eigenvalue weighted by Crippen LogP contribution is -2.51. The predicted molar refractivity (Wildman–Crippen MR) is 216 cm³/mol. The molecule has 8 rings (SSSR count). The first kappa shape index (κ1) is 37.8. The fraction of sp³-hybridized carbons (Fsp3) is 0.429. The number of imidazole rings is 2. The minimum Gasteiger partial charge on any atom is -0.453 e. The summed E-state index contributed by atoms with van der Waals surface area (Å²) in [6.07, 6.45) is 4.34. The van der Waals surface area contributed by atoms with Gasteiger partial charge in [-0.2, -0.15) is 0 Å². The molecule has 15 nitrogen and oxygen atoms in total. The van der Waals surface area contributed by atoms with E-state index in [1.165, 1.54) is 14.0 Å². The molecule has 57 heavy (non-hydrogen) atoms. The van der Waals surface area contributed by atoms with Crippen molar-refractivity contribution in [1.82, 2.24) is 50.3 Å². The Morgan fingerprint density at radius 3 is 1.89 bits per heavy atom. The molecule has 4 aromatic heterocycles. The molecular formula is C42H48N10O5. The van der Waals surface area contributed by atoms with Gasteiger partial charge in [-0.3, -0.25) is 19.4 Å². The van der Waals surface area contributed by atoms with Gasteiger partial charge in [0.1, 0.15) is 29.2 Å². The van der Waals surface area contributed by atoms with Gasteiger partial charge in [0.2, 0.25) is 17.7 Å². The van der Waals surface area contributed by atoms with E-state index in [2.05, 4.69) is 20.6 Å². The summed E-state index contributed by atoms with van der Waals surface area (Å²) in [6, 6.07) is 12.2. The maximum Gasteiger partial charge on any atom is 0.407 e. The van der Waals surface area contributed by atoms with Crippen molar-refractivity contribution in [3.05, 3.63) is 60.3 Å². The second kappa shape index (κ2) is 15.1. The Bertz CT molecular complexity index is 2540. The number of hydrogen-bond acceptors (Lipinski definition) is 9. The highest BCUT2D eigenvalue weighted by molar-refractivity contribution is 6.05. The van der Waals surface area contributed by atoms with Crippen molar-refractivity contribution in [2.45, 2.75) is 84.5 Å². The second-order valence-corrected chi connectivity index (χ2v) is 15.9. The Morgan fingerprint density at radius 2 is 1.28 bits per heavy atom. The molecule has 0 bridgehead atoms. The van der Waals surface area contributed by atoms with Crippen LogP contribution in [0.4, 0.5) is 4.79 Å². The molecule has 0 aliphatic carbocycles. The van der Waals surface area contributed by atoms with Crippen LogP contribution in [0.1, 0.15) is 84.0 Å². The molecule has 6 heterocycles. The molecule has 4 atom stereocenters. The van der Waals surface area contributed by atoms with E-state index in [0.717, 1.165) is 80.8 Å². The largest absolute Gasteiger partial charge is 0.453 e. The smallest absolute Gasteiger partial charge is 0.407 e. The van der Waals surface area contributed by atoms with Crippen molar-refractivity contribution in [3.8, 4) is 11.3 Å². The molecule has 0 spiro atoms. The lowest BCUT2D eigenvalue weighted by Gasteiger charge is -2.30. The highest BCUT2D eigenvalue weighted by Crippen LogP contribution is 2.36. The predicted octanol–water partition coefficient (Wildman–Crippen LogP) is 6.07. The van der Waals surface area contributed by atoms with Crippen LogP contribution in [-0.2, 0) is 19.1 Å². The van der Waals surface area contributed by atoms with Crippen molar-refractivity contribution in [1.29, 1.82) is 0 Å². The summed E-state index contributed by atoms with van der Waals surface area (Å²) in [5.41, 5.74) is 6.50. The van der Waals surface area contributed by atoms with Crippen molar-refractivity contribution < 1.29 is 23.9 Å². The number of rotatable bonds is 9. The highest BCUT2D eigenvalue weighted by atomic mass is 16.5. The highest BCUT2D eigenvalue weighted by Gasteiger charge is 2.39. The van der Waals surface area contributed by atoms with Crippen molar-refractivity contribution in [3.63, 3.8) is 0 Å². The van der Waals surface area contributed by atoms with Crippen LogP contribution >= 0.6 is 0 Å². The minimum atomic E-state index is -0.708. The number of aromatic amines is 2. The van der Waals surface area contributed by atoms with Crippen molar-refractivity contribution in [2.24, 2.45) is 11.8 Å². The number of hydrogen-bond donors (Lipinski definition) is 4. The Labute approximate surface area is 329 Å². The van der Waals surface area contributed by atoms with Crippen LogP contribution in [-0.4, -0.2) is 95.8 Å². The van der Waals surface area contributed by atoms with Gasteiger partial charge in [-0.1, -0.05) is 33.8 Å². The Hall–Kier alpha value is -6.12. The van der Waals surface area contributed by atoms with E-state index >= 15 is 0 Å². The molecule has 2 saturated heterocycles. The third kappa shape index (κ3) is 6.99. The van der Waals surface area contributed by atoms with Gasteiger partial charge in [0.25, 0.3) is 0 Å². The molecule has 2 aromatic carbocycles. The third-order valence-electron chi connectivity index (χ3n) is 11.4. The average Bonchev–Trinajstić information content (AvgIpc) is 4.03. The van der Waals surface area contributed by atoms with Crippen molar-refractivity contribution >= 4 is 67.7 Å². The molecule has 0 unspecified atom stereocenters. The molecule has 2 fully saturated rings. The molecule has 2 aliphatic heterocycles. The number of ether oxygens (including phenoxy) is 1. The first-order valence-electron chi connectivity index (χ1n) is 19.7. The zero-order valence-electron chi connectivity index (χ0n) is 33.1. The first-order valence-corrected chi connectivity index (χ1v) is 19.7. The number of fused-ring (bicyclic) bond motifs is 6. The Balaban J connectivity index is 1.05. The fourth-order valence-corrected chi connectivity index (χ4v) is 8.44. The molecule has 4 N–H and O–H groups in total. The number of benzene rings is 2. The van der Waals surface area contributed by atoms with E-state index in [1.807, 2.05) is 80.0 Å². The fourth-order valence-electron chi connectivity index (χ4n) is 8.44. The molecule has 0 saturated carbocycles. The molecular weight excluding hydrogens is 725 g/mol. The first-order chi connectivity index (χ1) is 27.4. The molecule has 6 aromatic rings. The van der Waals surface area contributed by atoms with E-state index in [-0.39, 0.29) is 41.6 Å². The minimum absolute atomic E-state index is 0.0495. The van der Waals surface area contributed by atoms with E-state index in [4.69, 9.17) is 24.7 Å². The third-order valence-corrected chi connectivity index (χ3v) is 11.4. The van der Waals surface area contributed by atoms with Crippen LogP contribution in [0.25, 0.3) is 55.1 Å². The van der Waals surface area contributed by atoms with Gasteiger partial charge in [-0.05, 0) is 73.9 Å². The zero-order chi connectivity index (χ0) is 40.1. The van der Waals surface area contributed by atoms with Gasteiger partial charge in [0.05, 0.1) is 58.7 Å². The van der Waals surface area contributed by atoms with E-state index in [9.17, 15) is 19.2 Å².